The van der Waals surface area contributed by atoms with E-state index in [2.05, 4.69) is 16.5 Å². The standard InChI is InChI=1S/C24H25FN2O/c1-3-7-18-10-12-21(22(25)14-18)19-11-13-23-20(15-19)16-26-24(27-23)9-6-4-5-8-17(2)28/h3,6,9-17,28H,1,4-5,7-8H2,2H3. The Kier molecular flexibility index (Phi) is 6.66. The molecule has 0 saturated carbocycles. The molecule has 0 fully saturated rings. The van der Waals surface area contributed by atoms with Crippen molar-refractivity contribution < 1.29 is 9.50 Å². The van der Waals surface area contributed by atoms with Crippen molar-refractivity contribution >= 4 is 17.0 Å². The third kappa shape index (κ3) is 5.11. The van der Waals surface area contributed by atoms with Gasteiger partial charge in [-0.25, -0.2) is 14.4 Å². The van der Waals surface area contributed by atoms with E-state index in [9.17, 15) is 9.50 Å². The number of halogens is 1. The molecule has 1 unspecified atom stereocenters. The van der Waals surface area contributed by atoms with E-state index in [-0.39, 0.29) is 11.9 Å². The molecule has 1 heterocycles. The zero-order chi connectivity index (χ0) is 19.9. The number of fused-ring (bicyclic) bond motifs is 1. The quantitative estimate of drug-likeness (QED) is 0.403. The average Bonchev–Trinajstić information content (AvgIpc) is 2.67. The van der Waals surface area contributed by atoms with E-state index < -0.39 is 0 Å². The molecule has 0 aliphatic heterocycles. The fourth-order valence-electron chi connectivity index (χ4n) is 3.10. The molecule has 0 amide bonds. The van der Waals surface area contributed by atoms with Crippen LogP contribution in [0.1, 0.15) is 37.6 Å². The van der Waals surface area contributed by atoms with E-state index in [4.69, 9.17) is 0 Å². The maximum Gasteiger partial charge on any atom is 0.152 e. The number of aromatic nitrogens is 2. The van der Waals surface area contributed by atoms with Crippen molar-refractivity contribution in [1.82, 2.24) is 9.97 Å². The number of aliphatic hydroxyl groups is 1. The molecule has 0 aliphatic rings. The maximum atomic E-state index is 14.5. The molecule has 28 heavy (non-hydrogen) atoms. The van der Waals surface area contributed by atoms with Crippen molar-refractivity contribution in [3.63, 3.8) is 0 Å². The highest BCUT2D eigenvalue weighted by atomic mass is 19.1. The van der Waals surface area contributed by atoms with Crippen molar-refractivity contribution in [2.75, 3.05) is 0 Å². The molecule has 0 radical (unpaired) electrons. The molecule has 3 aromatic rings. The topological polar surface area (TPSA) is 46.0 Å². The number of nitrogens with zero attached hydrogens (tertiary/aromatic N) is 2. The Hall–Kier alpha value is -2.85. The first-order chi connectivity index (χ1) is 13.6. The summed E-state index contributed by atoms with van der Waals surface area (Å²) in [6.45, 7) is 5.49. The molecule has 0 spiro atoms. The Bertz CT molecular complexity index is 995. The van der Waals surface area contributed by atoms with Crippen LogP contribution in [-0.4, -0.2) is 21.2 Å². The van der Waals surface area contributed by atoms with E-state index in [1.54, 1.807) is 31.3 Å². The molecule has 0 bridgehead atoms. The van der Waals surface area contributed by atoms with Gasteiger partial charge in [0.2, 0.25) is 0 Å². The summed E-state index contributed by atoms with van der Waals surface area (Å²) in [5, 5.41) is 10.1. The minimum Gasteiger partial charge on any atom is -0.393 e. The van der Waals surface area contributed by atoms with Gasteiger partial charge in [0.15, 0.2) is 5.82 Å². The molecule has 3 nitrogen and oxygen atoms in total. The summed E-state index contributed by atoms with van der Waals surface area (Å²) in [6.07, 6.45) is 10.4. The van der Waals surface area contributed by atoms with Gasteiger partial charge >= 0.3 is 0 Å². The minimum atomic E-state index is -0.262. The highest BCUT2D eigenvalue weighted by Gasteiger charge is 2.08. The summed E-state index contributed by atoms with van der Waals surface area (Å²) < 4.78 is 14.5. The Labute approximate surface area is 165 Å². The van der Waals surface area contributed by atoms with E-state index >= 15 is 0 Å². The van der Waals surface area contributed by atoms with Gasteiger partial charge in [-0.3, -0.25) is 0 Å². The second-order valence-corrected chi connectivity index (χ2v) is 6.99. The third-order valence-electron chi connectivity index (χ3n) is 4.58. The molecule has 1 aromatic heterocycles. The Morgan fingerprint density at radius 2 is 2.07 bits per heavy atom. The van der Waals surface area contributed by atoms with Gasteiger partial charge in [-0.1, -0.05) is 30.4 Å². The lowest BCUT2D eigenvalue weighted by molar-refractivity contribution is 0.182. The van der Waals surface area contributed by atoms with Crippen LogP contribution in [0.3, 0.4) is 0 Å². The van der Waals surface area contributed by atoms with E-state index in [1.165, 1.54) is 0 Å². The molecule has 4 heteroatoms. The molecule has 0 aliphatic carbocycles. The van der Waals surface area contributed by atoms with Crippen LogP contribution < -0.4 is 0 Å². The van der Waals surface area contributed by atoms with Crippen LogP contribution in [0.15, 0.2) is 61.3 Å². The highest BCUT2D eigenvalue weighted by Crippen LogP contribution is 2.27. The summed E-state index contributed by atoms with van der Waals surface area (Å²) in [5.41, 5.74) is 3.10. The number of hydrogen-bond acceptors (Lipinski definition) is 3. The van der Waals surface area contributed by atoms with Crippen molar-refractivity contribution in [2.45, 2.75) is 38.7 Å². The number of allylic oxidation sites excluding steroid dienone is 2. The van der Waals surface area contributed by atoms with Gasteiger partial charge in [0, 0.05) is 17.1 Å². The van der Waals surface area contributed by atoms with Crippen molar-refractivity contribution in [3.8, 4) is 11.1 Å². The molecule has 3 rings (SSSR count). The molecular formula is C24H25FN2O. The lowest BCUT2D eigenvalue weighted by Gasteiger charge is -2.07. The molecule has 1 N–H and O–H groups in total. The van der Waals surface area contributed by atoms with Crippen molar-refractivity contribution in [2.24, 2.45) is 0 Å². The second-order valence-electron chi connectivity index (χ2n) is 6.99. The molecule has 2 aromatic carbocycles. The maximum absolute atomic E-state index is 14.5. The number of benzene rings is 2. The van der Waals surface area contributed by atoms with E-state index in [1.807, 2.05) is 36.4 Å². The van der Waals surface area contributed by atoms with Gasteiger partial charge in [-0.05, 0) is 68.0 Å². The van der Waals surface area contributed by atoms with Crippen LogP contribution in [0.4, 0.5) is 4.39 Å². The Balaban J connectivity index is 1.78. The number of aliphatic hydroxyl groups excluding tert-OH is 1. The lowest BCUT2D eigenvalue weighted by Crippen LogP contribution is -1.97. The van der Waals surface area contributed by atoms with Crippen LogP contribution in [0.2, 0.25) is 0 Å². The van der Waals surface area contributed by atoms with Gasteiger partial charge in [0.1, 0.15) is 5.82 Å². The van der Waals surface area contributed by atoms with Gasteiger partial charge < -0.3 is 5.11 Å². The van der Waals surface area contributed by atoms with Gasteiger partial charge in [0.05, 0.1) is 11.6 Å². The van der Waals surface area contributed by atoms with E-state index in [0.717, 1.165) is 41.3 Å². The predicted octanol–water partition coefficient (Wildman–Crippen LogP) is 5.73. The zero-order valence-electron chi connectivity index (χ0n) is 16.1. The van der Waals surface area contributed by atoms with Gasteiger partial charge in [-0.2, -0.15) is 0 Å². The lowest BCUT2D eigenvalue weighted by atomic mass is 10.0. The Morgan fingerprint density at radius 1 is 1.21 bits per heavy atom. The summed E-state index contributed by atoms with van der Waals surface area (Å²) in [4.78, 5) is 8.93. The van der Waals surface area contributed by atoms with Crippen LogP contribution in [0, 0.1) is 5.82 Å². The fraction of sp³-hybridized carbons (Fsp3) is 0.250. The first-order valence-corrected chi connectivity index (χ1v) is 9.58. The van der Waals surface area contributed by atoms with Crippen LogP contribution >= 0.6 is 0 Å². The minimum absolute atomic E-state index is 0.239. The van der Waals surface area contributed by atoms with Gasteiger partial charge in [0.25, 0.3) is 0 Å². The largest absolute Gasteiger partial charge is 0.393 e. The first kappa shape index (κ1) is 19.9. The zero-order valence-corrected chi connectivity index (χ0v) is 16.1. The average molecular weight is 376 g/mol. The molecule has 144 valence electrons. The third-order valence-corrected chi connectivity index (χ3v) is 4.58. The summed E-state index contributed by atoms with van der Waals surface area (Å²) >= 11 is 0. The highest BCUT2D eigenvalue weighted by molar-refractivity contribution is 5.84. The fourth-order valence-corrected chi connectivity index (χ4v) is 3.10. The Morgan fingerprint density at radius 3 is 2.82 bits per heavy atom. The summed E-state index contributed by atoms with van der Waals surface area (Å²) in [7, 11) is 0. The monoisotopic (exact) mass is 376 g/mol. The smallest absolute Gasteiger partial charge is 0.152 e. The van der Waals surface area contributed by atoms with Crippen LogP contribution in [0.25, 0.3) is 28.1 Å². The van der Waals surface area contributed by atoms with Crippen LogP contribution in [-0.2, 0) is 6.42 Å². The summed E-state index contributed by atoms with van der Waals surface area (Å²) in [5.74, 6) is 0.411. The molecule has 0 saturated heterocycles. The SMILES string of the molecule is C=CCc1ccc(-c2ccc3nc(C=CCCCC(C)O)ncc3c2)c(F)c1. The molecule has 1 atom stereocenters. The van der Waals surface area contributed by atoms with Crippen molar-refractivity contribution in [3.05, 3.63) is 78.5 Å². The normalized spacial score (nSPS) is 12.5. The second kappa shape index (κ2) is 9.38. The van der Waals surface area contributed by atoms with Crippen LogP contribution in [0.5, 0.6) is 0 Å². The number of hydrogen-bond donors (Lipinski definition) is 1. The van der Waals surface area contributed by atoms with Crippen molar-refractivity contribution in [1.29, 1.82) is 0 Å². The first-order valence-electron chi connectivity index (χ1n) is 9.58. The molecular weight excluding hydrogens is 351 g/mol. The number of unbranched alkanes of at least 4 members (excludes halogenated alkanes) is 1. The number of rotatable bonds is 8. The predicted molar refractivity (Wildman–Crippen MR) is 113 cm³/mol. The van der Waals surface area contributed by atoms with E-state index in [0.29, 0.717) is 17.8 Å². The summed E-state index contributed by atoms with van der Waals surface area (Å²) in [6, 6.07) is 11.0. The van der Waals surface area contributed by atoms with Gasteiger partial charge in [-0.15, -0.1) is 6.58 Å².